The highest BCUT2D eigenvalue weighted by Crippen LogP contribution is 2.19. The standard InChI is InChI=1S/C13H20N2O4/c1-8(13(18-3)19-4)15-12(16)10-7-9(17-2)5-6-11(10)14/h5-8,13H,14H2,1-4H3,(H,15,16). The highest BCUT2D eigenvalue weighted by molar-refractivity contribution is 5.99. The molecular weight excluding hydrogens is 248 g/mol. The molecular formula is C13H20N2O4. The van der Waals surface area contributed by atoms with E-state index in [1.54, 1.807) is 25.1 Å². The van der Waals surface area contributed by atoms with Crippen molar-refractivity contribution in [1.29, 1.82) is 0 Å². The molecule has 1 aromatic rings. The van der Waals surface area contributed by atoms with Crippen LogP contribution in [-0.4, -0.2) is 39.6 Å². The van der Waals surface area contributed by atoms with Crippen molar-refractivity contribution in [3.63, 3.8) is 0 Å². The van der Waals surface area contributed by atoms with Gasteiger partial charge in [-0.1, -0.05) is 0 Å². The van der Waals surface area contributed by atoms with Crippen LogP contribution in [0.1, 0.15) is 17.3 Å². The van der Waals surface area contributed by atoms with E-state index in [2.05, 4.69) is 5.32 Å². The van der Waals surface area contributed by atoms with Crippen LogP contribution in [0.5, 0.6) is 5.75 Å². The van der Waals surface area contributed by atoms with Gasteiger partial charge in [0.2, 0.25) is 0 Å². The Morgan fingerprint density at radius 3 is 2.42 bits per heavy atom. The van der Waals surface area contributed by atoms with Crippen molar-refractivity contribution in [1.82, 2.24) is 5.32 Å². The average molecular weight is 268 g/mol. The molecule has 1 atom stereocenters. The summed E-state index contributed by atoms with van der Waals surface area (Å²) in [6, 6.07) is 4.60. The van der Waals surface area contributed by atoms with Gasteiger partial charge in [0.1, 0.15) is 5.75 Å². The number of nitrogens with two attached hydrogens (primary N) is 1. The number of nitrogen functional groups attached to an aromatic ring is 1. The van der Waals surface area contributed by atoms with E-state index < -0.39 is 6.29 Å². The minimum absolute atomic E-state index is 0.303. The summed E-state index contributed by atoms with van der Waals surface area (Å²) < 4.78 is 15.2. The highest BCUT2D eigenvalue weighted by atomic mass is 16.7. The summed E-state index contributed by atoms with van der Waals surface area (Å²) >= 11 is 0. The van der Waals surface area contributed by atoms with Gasteiger partial charge in [-0.25, -0.2) is 0 Å². The summed E-state index contributed by atoms with van der Waals surface area (Å²) in [7, 11) is 4.55. The second-order valence-electron chi connectivity index (χ2n) is 4.06. The van der Waals surface area contributed by atoms with Gasteiger partial charge in [0.05, 0.1) is 18.7 Å². The van der Waals surface area contributed by atoms with Gasteiger partial charge < -0.3 is 25.3 Å². The lowest BCUT2D eigenvalue weighted by Gasteiger charge is -2.22. The number of carbonyl (C=O) groups is 1. The lowest BCUT2D eigenvalue weighted by Crippen LogP contribution is -2.43. The topological polar surface area (TPSA) is 82.8 Å². The predicted octanol–water partition coefficient (Wildman–Crippen LogP) is 1.01. The maximum Gasteiger partial charge on any atom is 0.253 e. The second-order valence-corrected chi connectivity index (χ2v) is 4.06. The molecule has 0 spiro atoms. The molecule has 0 aromatic heterocycles. The zero-order valence-electron chi connectivity index (χ0n) is 11.6. The number of hydrogen-bond acceptors (Lipinski definition) is 5. The van der Waals surface area contributed by atoms with Crippen LogP contribution in [0.15, 0.2) is 18.2 Å². The van der Waals surface area contributed by atoms with Gasteiger partial charge in [0.15, 0.2) is 6.29 Å². The summed E-state index contributed by atoms with van der Waals surface area (Å²) in [5.74, 6) is 0.269. The van der Waals surface area contributed by atoms with E-state index in [-0.39, 0.29) is 11.9 Å². The van der Waals surface area contributed by atoms with E-state index in [1.165, 1.54) is 21.3 Å². The Morgan fingerprint density at radius 2 is 1.89 bits per heavy atom. The molecule has 0 saturated carbocycles. The van der Waals surface area contributed by atoms with E-state index in [1.807, 2.05) is 0 Å². The smallest absolute Gasteiger partial charge is 0.253 e. The maximum atomic E-state index is 12.1. The van der Waals surface area contributed by atoms with Crippen LogP contribution < -0.4 is 15.8 Å². The minimum atomic E-state index is -0.518. The molecule has 0 aliphatic heterocycles. The van der Waals surface area contributed by atoms with Crippen LogP contribution >= 0.6 is 0 Å². The number of hydrogen-bond donors (Lipinski definition) is 2. The summed E-state index contributed by atoms with van der Waals surface area (Å²) in [5.41, 5.74) is 6.53. The van der Waals surface area contributed by atoms with Crippen LogP contribution in [-0.2, 0) is 9.47 Å². The van der Waals surface area contributed by atoms with Crippen molar-refractivity contribution >= 4 is 11.6 Å². The number of anilines is 1. The van der Waals surface area contributed by atoms with E-state index >= 15 is 0 Å². The molecule has 0 fully saturated rings. The molecule has 0 aliphatic carbocycles. The third-order valence-electron chi connectivity index (χ3n) is 2.74. The van der Waals surface area contributed by atoms with Crippen molar-refractivity contribution in [2.45, 2.75) is 19.3 Å². The van der Waals surface area contributed by atoms with Gasteiger partial charge in [-0.05, 0) is 25.1 Å². The lowest BCUT2D eigenvalue weighted by molar-refractivity contribution is -0.117. The molecule has 1 rings (SSSR count). The number of nitrogens with one attached hydrogen (secondary N) is 1. The molecule has 0 heterocycles. The molecule has 6 heteroatoms. The van der Waals surface area contributed by atoms with Crippen LogP contribution in [0.25, 0.3) is 0 Å². The zero-order valence-corrected chi connectivity index (χ0v) is 11.6. The summed E-state index contributed by atoms with van der Waals surface area (Å²) in [5, 5.41) is 2.77. The Labute approximate surface area is 112 Å². The average Bonchev–Trinajstić information content (AvgIpc) is 2.40. The molecule has 19 heavy (non-hydrogen) atoms. The van der Waals surface area contributed by atoms with Crippen molar-refractivity contribution in [2.75, 3.05) is 27.1 Å². The van der Waals surface area contributed by atoms with Crippen molar-refractivity contribution in [3.05, 3.63) is 23.8 Å². The molecule has 1 amide bonds. The number of methoxy groups -OCH3 is 3. The van der Waals surface area contributed by atoms with E-state index in [0.717, 1.165) is 0 Å². The molecule has 1 unspecified atom stereocenters. The normalized spacial score (nSPS) is 12.3. The van der Waals surface area contributed by atoms with Crippen molar-refractivity contribution in [3.8, 4) is 5.75 Å². The van der Waals surface area contributed by atoms with Crippen LogP contribution in [0, 0.1) is 0 Å². The number of carbonyl (C=O) groups excluding carboxylic acids is 1. The number of rotatable bonds is 6. The first-order valence-corrected chi connectivity index (χ1v) is 5.83. The van der Waals surface area contributed by atoms with Gasteiger partial charge in [-0.15, -0.1) is 0 Å². The highest BCUT2D eigenvalue weighted by Gasteiger charge is 2.20. The van der Waals surface area contributed by atoms with Crippen molar-refractivity contribution in [2.24, 2.45) is 0 Å². The number of amides is 1. The van der Waals surface area contributed by atoms with Gasteiger partial charge in [0, 0.05) is 19.9 Å². The van der Waals surface area contributed by atoms with E-state index in [0.29, 0.717) is 17.0 Å². The molecule has 0 aliphatic rings. The van der Waals surface area contributed by atoms with Gasteiger partial charge >= 0.3 is 0 Å². The fraction of sp³-hybridized carbons (Fsp3) is 0.462. The molecule has 0 bridgehead atoms. The molecule has 6 nitrogen and oxygen atoms in total. The Hall–Kier alpha value is -1.79. The first-order valence-electron chi connectivity index (χ1n) is 5.83. The Balaban J connectivity index is 2.83. The largest absolute Gasteiger partial charge is 0.497 e. The Kier molecular flexibility index (Phi) is 5.59. The number of benzene rings is 1. The van der Waals surface area contributed by atoms with Gasteiger partial charge in [-0.2, -0.15) is 0 Å². The first-order chi connectivity index (χ1) is 9.03. The second kappa shape index (κ2) is 6.96. The predicted molar refractivity (Wildman–Crippen MR) is 72.1 cm³/mol. The van der Waals surface area contributed by atoms with Crippen LogP contribution in [0.4, 0.5) is 5.69 Å². The molecule has 106 valence electrons. The quantitative estimate of drug-likeness (QED) is 0.594. The summed E-state index contributed by atoms with van der Waals surface area (Å²) in [4.78, 5) is 12.1. The van der Waals surface area contributed by atoms with E-state index in [9.17, 15) is 4.79 Å². The summed E-state index contributed by atoms with van der Waals surface area (Å²) in [6.45, 7) is 1.78. The van der Waals surface area contributed by atoms with Crippen LogP contribution in [0.2, 0.25) is 0 Å². The molecule has 3 N–H and O–H groups in total. The Morgan fingerprint density at radius 1 is 1.26 bits per heavy atom. The number of ether oxygens (including phenoxy) is 3. The minimum Gasteiger partial charge on any atom is -0.497 e. The maximum absolute atomic E-state index is 12.1. The van der Waals surface area contributed by atoms with Gasteiger partial charge in [0.25, 0.3) is 5.91 Å². The fourth-order valence-corrected chi connectivity index (χ4v) is 1.72. The zero-order chi connectivity index (χ0) is 14.4. The van der Waals surface area contributed by atoms with Gasteiger partial charge in [-0.3, -0.25) is 4.79 Å². The molecule has 0 radical (unpaired) electrons. The molecule has 1 aromatic carbocycles. The Bertz CT molecular complexity index is 433. The van der Waals surface area contributed by atoms with Crippen LogP contribution in [0.3, 0.4) is 0 Å². The lowest BCUT2D eigenvalue weighted by atomic mass is 10.1. The summed E-state index contributed by atoms with van der Waals surface area (Å²) in [6.07, 6.45) is -0.518. The third kappa shape index (κ3) is 3.84. The SMILES string of the molecule is COc1ccc(N)c(C(=O)NC(C)C(OC)OC)c1. The third-order valence-corrected chi connectivity index (χ3v) is 2.74. The first kappa shape index (κ1) is 15.3. The monoisotopic (exact) mass is 268 g/mol. The molecule has 0 saturated heterocycles. The van der Waals surface area contributed by atoms with Crippen molar-refractivity contribution < 1.29 is 19.0 Å². The fourth-order valence-electron chi connectivity index (χ4n) is 1.72. The van der Waals surface area contributed by atoms with E-state index in [4.69, 9.17) is 19.9 Å².